The third-order valence-corrected chi connectivity index (χ3v) is 5.95. The zero-order valence-corrected chi connectivity index (χ0v) is 22.0. The lowest BCUT2D eigenvalue weighted by atomic mass is 10.00. The van der Waals surface area contributed by atoms with E-state index in [0.29, 0.717) is 33.4 Å². The molecule has 1 atom stereocenters. The number of fused-ring (bicyclic) bond motifs is 1. The first-order valence-electron chi connectivity index (χ1n) is 12.3. The molecule has 2 aromatic carbocycles. The molecule has 0 aliphatic rings. The van der Waals surface area contributed by atoms with Crippen molar-refractivity contribution in [3.05, 3.63) is 82.9 Å². The number of hydrogen-bond acceptors (Lipinski definition) is 8. The molecule has 0 aliphatic heterocycles. The second-order valence-electron chi connectivity index (χ2n) is 9.00. The molecule has 39 heavy (non-hydrogen) atoms. The van der Waals surface area contributed by atoms with Gasteiger partial charge in [-0.15, -0.1) is 0 Å². The molecule has 2 N–H and O–H groups in total. The Bertz CT molecular complexity index is 1460. The Morgan fingerprint density at radius 3 is 2.62 bits per heavy atom. The average molecular weight is 541 g/mol. The van der Waals surface area contributed by atoms with Gasteiger partial charge in [-0.25, -0.2) is 8.78 Å². The van der Waals surface area contributed by atoms with Crippen molar-refractivity contribution in [2.45, 2.75) is 39.2 Å². The number of rotatable bonds is 12. The molecular weight excluding hydrogens is 510 g/mol. The Hall–Kier alpha value is -3.86. The lowest BCUT2D eigenvalue weighted by molar-refractivity contribution is -0.149. The zero-order chi connectivity index (χ0) is 27.9. The molecular formula is C29H30F2N2O6. The number of aromatic nitrogens is 1. The highest BCUT2D eigenvalue weighted by Gasteiger charge is 2.19. The van der Waals surface area contributed by atoms with E-state index in [9.17, 15) is 9.18 Å². The Kier molecular flexibility index (Phi) is 9.23. The van der Waals surface area contributed by atoms with Crippen molar-refractivity contribution < 1.29 is 36.9 Å². The first-order valence-corrected chi connectivity index (χ1v) is 12.3. The van der Waals surface area contributed by atoms with Crippen LogP contribution in [-0.4, -0.2) is 37.9 Å². The van der Waals surface area contributed by atoms with Crippen LogP contribution >= 0.6 is 0 Å². The number of nitrogens with two attached hydrogens (primary N) is 1. The normalized spacial score (nSPS) is 12.1. The Balaban J connectivity index is 1.65. The molecule has 0 bridgehead atoms. The lowest BCUT2D eigenvalue weighted by Crippen LogP contribution is -2.21. The van der Waals surface area contributed by atoms with E-state index >= 15 is 4.39 Å². The fourth-order valence-corrected chi connectivity index (χ4v) is 4.26. The number of ether oxygens (including phenoxy) is 4. The predicted octanol–water partition coefficient (Wildman–Crippen LogP) is 5.08. The fraction of sp³-hybridized carbons (Fsp3) is 0.310. The molecule has 0 spiro atoms. The molecule has 2 aromatic heterocycles. The van der Waals surface area contributed by atoms with Gasteiger partial charge in [0.2, 0.25) is 0 Å². The van der Waals surface area contributed by atoms with E-state index in [-0.39, 0.29) is 49.8 Å². The van der Waals surface area contributed by atoms with Crippen molar-refractivity contribution >= 4 is 16.9 Å². The van der Waals surface area contributed by atoms with E-state index < -0.39 is 23.7 Å². The quantitative estimate of drug-likeness (QED) is 0.248. The van der Waals surface area contributed by atoms with Crippen LogP contribution in [0.4, 0.5) is 8.78 Å². The molecule has 0 saturated heterocycles. The standard InChI is InChI=1S/C29H30F2N2O6/c1-17(14-35-2)38-27(34)11-19-4-5-21(30)12-26(19)37-15-18-8-20-10-22(16-36-3)39-29(20)24(9-18)23-6-7-33-25(13-32)28(23)31/h4-10,12,17H,11,13-16,32H2,1-3H3. The summed E-state index contributed by atoms with van der Waals surface area (Å²) in [5.74, 6) is -0.793. The lowest BCUT2D eigenvalue weighted by Gasteiger charge is -2.15. The van der Waals surface area contributed by atoms with Crippen LogP contribution in [0.25, 0.3) is 22.1 Å². The SMILES string of the molecule is COCc1cc2cc(COc3cc(F)ccc3CC(=O)OC(C)COC)cc(-c3ccnc(CN)c3F)c2o1. The van der Waals surface area contributed by atoms with Gasteiger partial charge in [0.15, 0.2) is 5.82 Å². The monoisotopic (exact) mass is 540 g/mol. The minimum atomic E-state index is -0.544. The van der Waals surface area contributed by atoms with Gasteiger partial charge in [-0.05, 0) is 42.8 Å². The highest BCUT2D eigenvalue weighted by Crippen LogP contribution is 2.35. The Labute approximate surface area is 224 Å². The average Bonchev–Trinajstić information content (AvgIpc) is 3.31. The number of furan rings is 1. The van der Waals surface area contributed by atoms with Crippen LogP contribution in [-0.2, 0) is 45.2 Å². The third kappa shape index (κ3) is 6.78. The summed E-state index contributed by atoms with van der Waals surface area (Å²) in [6.07, 6.45) is 0.948. The van der Waals surface area contributed by atoms with Gasteiger partial charge >= 0.3 is 5.97 Å². The first kappa shape index (κ1) is 28.2. The molecule has 0 aliphatic carbocycles. The van der Waals surface area contributed by atoms with E-state index in [4.69, 9.17) is 29.1 Å². The minimum Gasteiger partial charge on any atom is -0.488 e. The number of halogens is 2. The molecule has 1 unspecified atom stereocenters. The van der Waals surface area contributed by atoms with Gasteiger partial charge in [0, 0.05) is 55.1 Å². The van der Waals surface area contributed by atoms with Crippen LogP contribution in [0.3, 0.4) is 0 Å². The van der Waals surface area contributed by atoms with Gasteiger partial charge in [-0.2, -0.15) is 0 Å². The van der Waals surface area contributed by atoms with Crippen LogP contribution in [0.15, 0.2) is 53.1 Å². The van der Waals surface area contributed by atoms with Crippen molar-refractivity contribution in [1.29, 1.82) is 0 Å². The molecule has 0 fully saturated rings. The molecule has 0 saturated carbocycles. The summed E-state index contributed by atoms with van der Waals surface area (Å²) in [7, 11) is 3.06. The van der Waals surface area contributed by atoms with Gasteiger partial charge in [0.05, 0.1) is 18.7 Å². The fourth-order valence-electron chi connectivity index (χ4n) is 4.26. The van der Waals surface area contributed by atoms with Crippen molar-refractivity contribution in [3.63, 3.8) is 0 Å². The number of carbonyl (C=O) groups is 1. The second-order valence-corrected chi connectivity index (χ2v) is 9.00. The van der Waals surface area contributed by atoms with Crippen molar-refractivity contribution in [1.82, 2.24) is 4.98 Å². The van der Waals surface area contributed by atoms with E-state index in [1.54, 1.807) is 32.2 Å². The first-order chi connectivity index (χ1) is 18.8. The largest absolute Gasteiger partial charge is 0.488 e. The third-order valence-electron chi connectivity index (χ3n) is 5.95. The molecule has 2 heterocycles. The molecule has 0 radical (unpaired) electrons. The summed E-state index contributed by atoms with van der Waals surface area (Å²) in [6.45, 7) is 2.16. The number of benzene rings is 2. The molecule has 10 heteroatoms. The van der Waals surface area contributed by atoms with Crippen molar-refractivity contribution in [2.75, 3.05) is 20.8 Å². The highest BCUT2D eigenvalue weighted by molar-refractivity contribution is 5.93. The Morgan fingerprint density at radius 1 is 1.05 bits per heavy atom. The summed E-state index contributed by atoms with van der Waals surface area (Å²) >= 11 is 0. The minimum absolute atomic E-state index is 0.00968. The maximum Gasteiger partial charge on any atom is 0.310 e. The molecule has 8 nitrogen and oxygen atoms in total. The van der Waals surface area contributed by atoms with Crippen LogP contribution in [0, 0.1) is 11.6 Å². The second kappa shape index (κ2) is 12.8. The smallest absolute Gasteiger partial charge is 0.310 e. The van der Waals surface area contributed by atoms with Gasteiger partial charge in [0.1, 0.15) is 42.2 Å². The van der Waals surface area contributed by atoms with Crippen LogP contribution in [0.5, 0.6) is 5.75 Å². The number of carbonyl (C=O) groups excluding carboxylic acids is 1. The van der Waals surface area contributed by atoms with Gasteiger partial charge in [-0.3, -0.25) is 9.78 Å². The molecule has 0 amide bonds. The maximum atomic E-state index is 15.2. The predicted molar refractivity (Wildman–Crippen MR) is 140 cm³/mol. The number of hydrogen-bond donors (Lipinski definition) is 1. The molecule has 4 aromatic rings. The summed E-state index contributed by atoms with van der Waals surface area (Å²) in [6, 6.07) is 10.9. The summed E-state index contributed by atoms with van der Waals surface area (Å²) in [4.78, 5) is 16.4. The topological polar surface area (TPSA) is 106 Å². The van der Waals surface area contributed by atoms with Gasteiger partial charge in [0.25, 0.3) is 0 Å². The summed E-state index contributed by atoms with van der Waals surface area (Å²) < 4.78 is 56.8. The number of esters is 1. The Morgan fingerprint density at radius 2 is 1.87 bits per heavy atom. The molecule has 4 rings (SSSR count). The zero-order valence-electron chi connectivity index (χ0n) is 22.0. The maximum absolute atomic E-state index is 15.2. The molecule has 206 valence electrons. The van der Waals surface area contributed by atoms with E-state index in [1.807, 2.05) is 6.07 Å². The van der Waals surface area contributed by atoms with E-state index in [1.165, 1.54) is 31.5 Å². The number of nitrogens with zero attached hydrogens (tertiary/aromatic N) is 1. The number of pyridine rings is 1. The summed E-state index contributed by atoms with van der Waals surface area (Å²) in [5.41, 5.74) is 8.15. The van der Waals surface area contributed by atoms with Crippen molar-refractivity contribution in [3.8, 4) is 16.9 Å². The van der Waals surface area contributed by atoms with Crippen LogP contribution < -0.4 is 10.5 Å². The summed E-state index contributed by atoms with van der Waals surface area (Å²) in [5, 5.41) is 0.707. The van der Waals surface area contributed by atoms with Gasteiger partial charge < -0.3 is 29.1 Å². The number of methoxy groups -OCH3 is 2. The van der Waals surface area contributed by atoms with Crippen LogP contribution in [0.2, 0.25) is 0 Å². The van der Waals surface area contributed by atoms with E-state index in [2.05, 4.69) is 4.98 Å². The van der Waals surface area contributed by atoms with Gasteiger partial charge in [-0.1, -0.05) is 6.07 Å². The van der Waals surface area contributed by atoms with E-state index in [0.717, 1.165) is 0 Å². The highest BCUT2D eigenvalue weighted by atomic mass is 19.1. The van der Waals surface area contributed by atoms with Crippen molar-refractivity contribution in [2.24, 2.45) is 5.73 Å². The van der Waals surface area contributed by atoms with Crippen LogP contribution in [0.1, 0.15) is 29.5 Å².